The van der Waals surface area contributed by atoms with E-state index in [1.165, 1.54) is 18.5 Å². The Balaban J connectivity index is 1.62. The molecule has 1 amide bonds. The fraction of sp³-hybridized carbons (Fsp3) is 0.588. The molecule has 2 aromatic heterocycles. The normalized spacial score (nSPS) is 18.6. The van der Waals surface area contributed by atoms with Gasteiger partial charge in [0.1, 0.15) is 0 Å². The topological polar surface area (TPSA) is 64.2 Å². The lowest BCUT2D eigenvalue weighted by Crippen LogP contribution is -2.36. The third-order valence-electron chi connectivity index (χ3n) is 4.42. The van der Waals surface area contributed by atoms with Gasteiger partial charge in [-0.3, -0.25) is 4.79 Å². The summed E-state index contributed by atoms with van der Waals surface area (Å²) in [7, 11) is 2.05. The number of thioether (sulfide) groups is 1. The van der Waals surface area contributed by atoms with Gasteiger partial charge in [-0.15, -0.1) is 11.8 Å². The van der Waals surface area contributed by atoms with E-state index in [9.17, 15) is 4.79 Å². The Morgan fingerprint density at radius 1 is 1.42 bits per heavy atom. The lowest BCUT2D eigenvalue weighted by atomic mass is 10.1. The number of aromatic nitrogens is 3. The zero-order chi connectivity index (χ0) is 16.9. The molecule has 1 saturated heterocycles. The maximum atomic E-state index is 12.8. The van der Waals surface area contributed by atoms with Crippen molar-refractivity contribution in [3.63, 3.8) is 0 Å². The van der Waals surface area contributed by atoms with Crippen LogP contribution in [-0.2, 0) is 17.6 Å². The molecule has 1 aliphatic rings. The summed E-state index contributed by atoms with van der Waals surface area (Å²) in [6, 6.07) is 4.37. The first-order valence-corrected chi connectivity index (χ1v) is 9.58. The summed E-state index contributed by atoms with van der Waals surface area (Å²) >= 11 is 1.55. The highest BCUT2D eigenvalue weighted by atomic mass is 32.2. The Labute approximate surface area is 146 Å². The van der Waals surface area contributed by atoms with Crippen LogP contribution in [0, 0.1) is 6.92 Å². The van der Waals surface area contributed by atoms with E-state index in [1.54, 1.807) is 18.7 Å². The fourth-order valence-corrected chi connectivity index (χ4v) is 3.99. The molecule has 0 bridgehead atoms. The molecule has 0 saturated carbocycles. The number of rotatable bonds is 5. The smallest absolute Gasteiger partial charge is 0.233 e. The Bertz CT molecular complexity index is 682. The van der Waals surface area contributed by atoms with Gasteiger partial charge in [0.2, 0.25) is 11.8 Å². The van der Waals surface area contributed by atoms with Crippen molar-refractivity contribution >= 4 is 17.7 Å². The van der Waals surface area contributed by atoms with Crippen molar-refractivity contribution in [1.82, 2.24) is 19.6 Å². The van der Waals surface area contributed by atoms with Crippen LogP contribution in [0.25, 0.3) is 0 Å². The van der Waals surface area contributed by atoms with Crippen LogP contribution in [-0.4, -0.2) is 37.8 Å². The molecule has 3 rings (SSSR count). The minimum atomic E-state index is 0.188. The lowest BCUT2D eigenvalue weighted by molar-refractivity contribution is -0.130. The molecular weight excluding hydrogens is 324 g/mol. The van der Waals surface area contributed by atoms with Crippen LogP contribution >= 0.6 is 11.8 Å². The zero-order valence-corrected chi connectivity index (χ0v) is 15.1. The van der Waals surface area contributed by atoms with Crippen LogP contribution in [0.15, 0.2) is 22.9 Å². The average Bonchev–Trinajstić information content (AvgIpc) is 3.08. The molecule has 0 unspecified atom stereocenters. The molecular formula is C17H24N4O2S. The predicted octanol–water partition coefficient (Wildman–Crippen LogP) is 3.09. The molecule has 7 heteroatoms. The van der Waals surface area contributed by atoms with E-state index in [0.717, 1.165) is 19.4 Å². The summed E-state index contributed by atoms with van der Waals surface area (Å²) in [6.07, 6.45) is 6.55. The van der Waals surface area contributed by atoms with Gasteiger partial charge in [-0.2, -0.15) is 4.98 Å². The number of carbonyl (C=O) groups excluding carboxylic acids is 1. The van der Waals surface area contributed by atoms with E-state index in [4.69, 9.17) is 4.52 Å². The van der Waals surface area contributed by atoms with Crippen LogP contribution in [0.5, 0.6) is 0 Å². The van der Waals surface area contributed by atoms with Crippen LogP contribution in [0.1, 0.15) is 49.1 Å². The Morgan fingerprint density at radius 2 is 2.29 bits per heavy atom. The Hall–Kier alpha value is -1.76. The van der Waals surface area contributed by atoms with E-state index in [-0.39, 0.29) is 11.9 Å². The van der Waals surface area contributed by atoms with Crippen molar-refractivity contribution in [2.45, 2.75) is 44.4 Å². The molecule has 130 valence electrons. The standard InChI is InChI=1S/C17H24N4O2S/c1-13-18-16(19-23-13)11-24-12-17(22)21-10-5-3-4-7-15(21)14-8-6-9-20(14)2/h6,8-9,15H,3-5,7,10-12H2,1-2H3/t15-/m0/s1. The molecule has 1 fully saturated rings. The summed E-state index contributed by atoms with van der Waals surface area (Å²) in [6.45, 7) is 2.62. The van der Waals surface area contributed by atoms with Crippen molar-refractivity contribution in [3.8, 4) is 0 Å². The first-order chi connectivity index (χ1) is 11.6. The lowest BCUT2D eigenvalue weighted by Gasteiger charge is -2.30. The van der Waals surface area contributed by atoms with Crippen LogP contribution in [0.4, 0.5) is 0 Å². The van der Waals surface area contributed by atoms with Crippen LogP contribution < -0.4 is 0 Å². The third kappa shape index (κ3) is 4.01. The molecule has 0 aliphatic carbocycles. The number of hydrogen-bond donors (Lipinski definition) is 0. The second-order valence-corrected chi connectivity index (χ2v) is 7.20. The predicted molar refractivity (Wildman–Crippen MR) is 93.5 cm³/mol. The monoisotopic (exact) mass is 348 g/mol. The molecule has 3 heterocycles. The maximum absolute atomic E-state index is 12.8. The summed E-state index contributed by atoms with van der Waals surface area (Å²) in [4.78, 5) is 19.0. The maximum Gasteiger partial charge on any atom is 0.233 e. The van der Waals surface area contributed by atoms with Gasteiger partial charge >= 0.3 is 0 Å². The van der Waals surface area contributed by atoms with Crippen molar-refractivity contribution in [2.24, 2.45) is 7.05 Å². The van der Waals surface area contributed by atoms with Gasteiger partial charge in [0, 0.05) is 32.4 Å². The van der Waals surface area contributed by atoms with E-state index in [1.807, 2.05) is 0 Å². The second kappa shape index (κ2) is 7.88. The van der Waals surface area contributed by atoms with Gasteiger partial charge in [0.15, 0.2) is 5.82 Å². The number of hydrogen-bond acceptors (Lipinski definition) is 5. The van der Waals surface area contributed by atoms with Gasteiger partial charge in [-0.1, -0.05) is 18.0 Å². The zero-order valence-electron chi connectivity index (χ0n) is 14.3. The molecule has 0 aromatic carbocycles. The number of likely N-dealkylation sites (tertiary alicyclic amines) is 1. The van der Waals surface area contributed by atoms with Crippen molar-refractivity contribution < 1.29 is 9.32 Å². The Kier molecular flexibility index (Phi) is 5.60. The number of carbonyl (C=O) groups is 1. The van der Waals surface area contributed by atoms with Gasteiger partial charge < -0.3 is 14.0 Å². The summed E-state index contributed by atoms with van der Waals surface area (Å²) in [5.74, 6) is 2.47. The molecule has 1 atom stereocenters. The molecule has 0 spiro atoms. The third-order valence-corrected chi connectivity index (χ3v) is 5.34. The fourth-order valence-electron chi connectivity index (χ4n) is 3.25. The summed E-state index contributed by atoms with van der Waals surface area (Å²) in [5, 5.41) is 3.87. The highest BCUT2D eigenvalue weighted by Crippen LogP contribution is 2.30. The molecule has 0 N–H and O–H groups in total. The minimum Gasteiger partial charge on any atom is -0.353 e. The van der Waals surface area contributed by atoms with Crippen molar-refractivity contribution in [2.75, 3.05) is 12.3 Å². The quantitative estimate of drug-likeness (QED) is 0.831. The van der Waals surface area contributed by atoms with Crippen LogP contribution in [0.3, 0.4) is 0 Å². The SMILES string of the molecule is Cc1nc(CSCC(=O)N2CCCCC[C@H]2c2cccn2C)no1. The number of nitrogens with zero attached hydrogens (tertiary/aromatic N) is 4. The van der Waals surface area contributed by atoms with Gasteiger partial charge in [-0.25, -0.2) is 0 Å². The second-order valence-electron chi connectivity index (χ2n) is 6.22. The van der Waals surface area contributed by atoms with E-state index in [0.29, 0.717) is 23.2 Å². The van der Waals surface area contributed by atoms with Gasteiger partial charge in [0.25, 0.3) is 0 Å². The van der Waals surface area contributed by atoms with Crippen LogP contribution in [0.2, 0.25) is 0 Å². The van der Waals surface area contributed by atoms with E-state index >= 15 is 0 Å². The average molecular weight is 348 g/mol. The van der Waals surface area contributed by atoms with Gasteiger partial charge in [0.05, 0.1) is 17.5 Å². The number of aryl methyl sites for hydroxylation is 2. The summed E-state index contributed by atoms with van der Waals surface area (Å²) in [5.41, 5.74) is 1.23. The van der Waals surface area contributed by atoms with Crippen molar-refractivity contribution in [1.29, 1.82) is 0 Å². The highest BCUT2D eigenvalue weighted by Gasteiger charge is 2.28. The first kappa shape index (κ1) is 17.1. The van der Waals surface area contributed by atoms with E-state index in [2.05, 4.69) is 45.0 Å². The van der Waals surface area contributed by atoms with Crippen molar-refractivity contribution in [3.05, 3.63) is 35.7 Å². The molecule has 2 aromatic rings. The highest BCUT2D eigenvalue weighted by molar-refractivity contribution is 7.99. The Morgan fingerprint density at radius 3 is 3.00 bits per heavy atom. The van der Waals surface area contributed by atoms with E-state index < -0.39 is 0 Å². The number of amides is 1. The first-order valence-electron chi connectivity index (χ1n) is 8.43. The minimum absolute atomic E-state index is 0.188. The molecule has 6 nitrogen and oxygen atoms in total. The summed E-state index contributed by atoms with van der Waals surface area (Å²) < 4.78 is 7.09. The molecule has 1 aliphatic heterocycles. The largest absolute Gasteiger partial charge is 0.353 e. The molecule has 24 heavy (non-hydrogen) atoms. The van der Waals surface area contributed by atoms with Gasteiger partial charge in [-0.05, 0) is 25.0 Å². The molecule has 0 radical (unpaired) electrons.